The number of aliphatic carboxylic acids is 1. The van der Waals surface area contributed by atoms with Gasteiger partial charge in [0.1, 0.15) is 12.7 Å². The third-order valence-corrected chi connectivity index (χ3v) is 10.1. The summed E-state index contributed by atoms with van der Waals surface area (Å²) in [6.45, 7) is 2.41. The topological polar surface area (TPSA) is 167 Å². The van der Waals surface area contributed by atoms with Crippen LogP contribution in [0.3, 0.4) is 0 Å². The van der Waals surface area contributed by atoms with Crippen LogP contribution in [0.15, 0.2) is 82.6 Å². The number of pyridine rings is 1. The summed E-state index contributed by atoms with van der Waals surface area (Å²) in [6, 6.07) is 17.2. The lowest BCUT2D eigenvalue weighted by molar-refractivity contribution is -0.138. The summed E-state index contributed by atoms with van der Waals surface area (Å²) < 4.78 is 37.2. The van der Waals surface area contributed by atoms with Gasteiger partial charge in [-0.2, -0.15) is 0 Å². The fraction of sp³-hybridized carbons (Fsp3) is 0.303. The number of rotatable bonds is 14. The predicted octanol–water partition coefficient (Wildman–Crippen LogP) is 4.01. The van der Waals surface area contributed by atoms with Crippen molar-refractivity contribution in [2.45, 2.75) is 48.6 Å². The number of aromatic nitrogens is 1. The van der Waals surface area contributed by atoms with Gasteiger partial charge in [0.05, 0.1) is 10.1 Å². The second-order valence-electron chi connectivity index (χ2n) is 11.7. The van der Waals surface area contributed by atoms with Crippen molar-refractivity contribution >= 4 is 52.0 Å². The molecule has 4 N–H and O–H groups in total. The molecule has 47 heavy (non-hydrogen) atoms. The molecule has 0 saturated heterocycles. The van der Waals surface area contributed by atoms with Crippen LogP contribution in [0.4, 0.5) is 16.2 Å². The molecule has 246 valence electrons. The number of nitrogens with zero attached hydrogens (tertiary/aromatic N) is 1. The molecule has 1 unspecified atom stereocenters. The number of carbonyl (C=O) groups is 2. The Labute approximate surface area is 273 Å². The van der Waals surface area contributed by atoms with E-state index in [1.54, 1.807) is 66.9 Å². The van der Waals surface area contributed by atoms with Gasteiger partial charge in [-0.1, -0.05) is 30.3 Å². The predicted molar refractivity (Wildman–Crippen MR) is 181 cm³/mol. The number of sulfone groups is 1. The van der Waals surface area contributed by atoms with Gasteiger partial charge in [0.15, 0.2) is 23.9 Å². The summed E-state index contributed by atoms with van der Waals surface area (Å²) in [4.78, 5) is 41.9. The van der Waals surface area contributed by atoms with Crippen molar-refractivity contribution in [1.29, 1.82) is 0 Å². The van der Waals surface area contributed by atoms with Gasteiger partial charge in [0.2, 0.25) is 0 Å². The van der Waals surface area contributed by atoms with Crippen molar-refractivity contribution in [3.8, 4) is 0 Å². The first-order valence-corrected chi connectivity index (χ1v) is 16.8. The Morgan fingerprint density at radius 2 is 1.74 bits per heavy atom. The van der Waals surface area contributed by atoms with Crippen LogP contribution in [0.2, 0.25) is 0 Å². The first-order valence-electron chi connectivity index (χ1n) is 15.2. The monoisotopic (exact) mass is 660 g/mol. The van der Waals surface area contributed by atoms with Crippen LogP contribution in [0.5, 0.6) is 0 Å². The van der Waals surface area contributed by atoms with Crippen LogP contribution in [-0.2, 0) is 30.7 Å². The quantitative estimate of drug-likeness (QED) is 0.145. The van der Waals surface area contributed by atoms with Crippen molar-refractivity contribution < 1.29 is 32.6 Å². The summed E-state index contributed by atoms with van der Waals surface area (Å²) in [5.41, 5.74) is 2.35. The highest BCUT2D eigenvalue weighted by molar-refractivity contribution is 7.92. The minimum atomic E-state index is -3.42. The average molecular weight is 661 g/mol. The number of fused-ring (bicyclic) bond motifs is 1. The standard InChI is InChI=1S/C33H37BN4O8S/c1-3-45-28(19-46-33(42)37-24-10-13-29(23(16-24)18-38(2)34)47(43,44)26-11-12-26)21-4-6-22(7-5-21)30(32(40)41)36-25-9-8-20-14-15-35-31(39)27(20)17-25/h4-10,13-17,26,28,30,36H,3,11-12,18-19,34H2,1-2H3,(H,35,39)(H,37,42)(H,40,41)/t28-,30?/m0/s1. The van der Waals surface area contributed by atoms with E-state index in [4.69, 9.17) is 9.47 Å². The highest BCUT2D eigenvalue weighted by atomic mass is 32.2. The van der Waals surface area contributed by atoms with E-state index in [1.165, 1.54) is 6.07 Å². The molecular formula is C33H37BN4O8S. The number of anilines is 2. The summed E-state index contributed by atoms with van der Waals surface area (Å²) in [6.07, 6.45) is 1.51. The second-order valence-corrected chi connectivity index (χ2v) is 13.9. The van der Waals surface area contributed by atoms with Gasteiger partial charge in [0.25, 0.3) is 5.56 Å². The van der Waals surface area contributed by atoms with Gasteiger partial charge in [-0.15, -0.1) is 0 Å². The van der Waals surface area contributed by atoms with Crippen LogP contribution in [0.25, 0.3) is 10.8 Å². The first kappa shape index (κ1) is 33.7. The molecule has 5 rings (SSSR count). The number of hydrogen-bond acceptors (Lipinski definition) is 9. The largest absolute Gasteiger partial charge is 0.479 e. The van der Waals surface area contributed by atoms with E-state index in [1.807, 2.05) is 26.8 Å². The van der Waals surface area contributed by atoms with Gasteiger partial charge >= 0.3 is 12.1 Å². The van der Waals surface area contributed by atoms with Gasteiger partial charge in [-0.25, -0.2) is 18.0 Å². The molecule has 3 aromatic carbocycles. The zero-order valence-corrected chi connectivity index (χ0v) is 27.2. The molecule has 14 heteroatoms. The van der Waals surface area contributed by atoms with Crippen LogP contribution in [0, 0.1) is 0 Å². The van der Waals surface area contributed by atoms with Gasteiger partial charge in [-0.3, -0.25) is 10.1 Å². The number of aromatic amines is 1. The lowest BCUT2D eigenvalue weighted by Gasteiger charge is -2.20. The van der Waals surface area contributed by atoms with Gasteiger partial charge in [-0.05, 0) is 85.3 Å². The molecule has 1 aliphatic carbocycles. The molecule has 1 aliphatic rings. The van der Waals surface area contributed by atoms with Crippen LogP contribution in [0.1, 0.15) is 48.6 Å². The number of ether oxygens (including phenoxy) is 2. The Bertz CT molecular complexity index is 1930. The number of amides is 1. The molecule has 0 radical (unpaired) electrons. The van der Waals surface area contributed by atoms with Gasteiger partial charge in [0, 0.05) is 36.1 Å². The van der Waals surface area contributed by atoms with Crippen molar-refractivity contribution in [3.05, 3.63) is 100.0 Å². The fourth-order valence-electron chi connectivity index (χ4n) is 5.33. The maximum absolute atomic E-state index is 12.9. The Morgan fingerprint density at radius 1 is 1.04 bits per heavy atom. The molecule has 2 atom stereocenters. The van der Waals surface area contributed by atoms with Crippen molar-refractivity contribution in [3.63, 3.8) is 0 Å². The SMILES string of the molecule is BN(C)Cc1cc(NC(=O)OC[C@H](OCC)c2ccc(C(Nc3ccc4cc[nH]c(=O)c4c3)C(=O)O)cc2)ccc1S(=O)(=O)C1CC1. The molecule has 1 amide bonds. The average Bonchev–Trinajstić information content (AvgIpc) is 3.89. The molecular weight excluding hydrogens is 623 g/mol. The van der Waals surface area contributed by atoms with E-state index < -0.39 is 34.0 Å². The van der Waals surface area contributed by atoms with E-state index in [-0.39, 0.29) is 22.3 Å². The number of hydrogen-bond donors (Lipinski definition) is 4. The second kappa shape index (κ2) is 14.4. The number of carbonyl (C=O) groups excluding carboxylic acids is 1. The van der Waals surface area contributed by atoms with Crippen molar-refractivity contribution in [2.24, 2.45) is 0 Å². The maximum Gasteiger partial charge on any atom is 0.411 e. The third kappa shape index (κ3) is 8.20. The van der Waals surface area contributed by atoms with E-state index in [0.717, 1.165) is 5.39 Å². The smallest absolute Gasteiger partial charge is 0.411 e. The molecule has 0 bridgehead atoms. The molecule has 1 heterocycles. The highest BCUT2D eigenvalue weighted by Gasteiger charge is 2.38. The summed E-state index contributed by atoms with van der Waals surface area (Å²) in [5, 5.41) is 16.5. The highest BCUT2D eigenvalue weighted by Crippen LogP contribution is 2.36. The number of H-pyrrole nitrogens is 1. The zero-order chi connectivity index (χ0) is 33.7. The minimum absolute atomic E-state index is 0.121. The Hall–Kier alpha value is -4.66. The molecule has 1 fully saturated rings. The minimum Gasteiger partial charge on any atom is -0.479 e. The number of benzene rings is 3. The third-order valence-electron chi connectivity index (χ3n) is 7.77. The van der Waals surface area contributed by atoms with Crippen molar-refractivity contribution in [2.75, 3.05) is 30.9 Å². The van der Waals surface area contributed by atoms with Crippen LogP contribution < -0.4 is 16.2 Å². The molecule has 1 saturated carbocycles. The number of carboxylic acids is 1. The Kier molecular flexibility index (Phi) is 10.3. The molecule has 0 spiro atoms. The van der Waals surface area contributed by atoms with Gasteiger partial charge < -0.3 is 29.7 Å². The molecule has 1 aromatic heterocycles. The summed E-state index contributed by atoms with van der Waals surface area (Å²) in [5.74, 6) is -1.10. The lowest BCUT2D eigenvalue weighted by Crippen LogP contribution is -2.22. The number of nitrogens with one attached hydrogen (secondary N) is 3. The summed E-state index contributed by atoms with van der Waals surface area (Å²) >= 11 is 0. The first-order chi connectivity index (χ1) is 22.5. The van der Waals surface area contributed by atoms with E-state index in [0.29, 0.717) is 59.4 Å². The number of carboxylic acid groups (broad SMARTS) is 1. The molecule has 12 nitrogen and oxygen atoms in total. The maximum atomic E-state index is 12.9. The molecule has 4 aromatic rings. The van der Waals surface area contributed by atoms with E-state index in [9.17, 15) is 27.9 Å². The van der Waals surface area contributed by atoms with E-state index in [2.05, 4.69) is 15.6 Å². The fourth-order valence-corrected chi connectivity index (χ4v) is 7.20. The zero-order valence-electron chi connectivity index (χ0n) is 26.4. The Morgan fingerprint density at radius 3 is 2.40 bits per heavy atom. The summed E-state index contributed by atoms with van der Waals surface area (Å²) in [7, 11) is 0.263. The van der Waals surface area contributed by atoms with Crippen LogP contribution >= 0.6 is 0 Å². The van der Waals surface area contributed by atoms with E-state index >= 15 is 0 Å². The normalized spacial score (nSPS) is 14.4. The molecule has 0 aliphatic heterocycles. The Balaban J connectivity index is 1.25. The lowest BCUT2D eigenvalue weighted by atomic mass is 10.0. The van der Waals surface area contributed by atoms with Crippen LogP contribution in [-0.4, -0.2) is 68.9 Å². The van der Waals surface area contributed by atoms with Crippen molar-refractivity contribution in [1.82, 2.24) is 9.79 Å².